The summed E-state index contributed by atoms with van der Waals surface area (Å²) in [6.07, 6.45) is 30.3. The van der Waals surface area contributed by atoms with Crippen molar-refractivity contribution in [2.45, 2.75) is 200 Å². The Morgan fingerprint density at radius 3 is 1.24 bits per heavy atom. The maximum atomic E-state index is 6.26. The molecule has 0 saturated heterocycles. The zero-order valence-corrected chi connectivity index (χ0v) is 37.7. The summed E-state index contributed by atoms with van der Waals surface area (Å²) in [6.45, 7) is 11.5. The van der Waals surface area contributed by atoms with Gasteiger partial charge in [-0.25, -0.2) is 0 Å². The summed E-state index contributed by atoms with van der Waals surface area (Å²) in [5.41, 5.74) is 25.8. The van der Waals surface area contributed by atoms with Crippen molar-refractivity contribution < 1.29 is 0 Å². The standard InChI is InChI=1S/C56H82N2/c1-6-9-12-14-16-18-20-23-54(52-35-33-50(57)41-43(52)4)46-25-29-48(30-26-46)56(39-37-45(38-40-56)22-11-8-3)49-31-27-47(28-32-49)55(24-21-19-17-15-13-10-7-2)53-36-34-51(58)42-44(53)5/h25-36,41-42,45,54-55H,6-24,37-40,57-58H2,1-5H3. The molecular formula is C56H82N2. The van der Waals surface area contributed by atoms with Crippen LogP contribution in [-0.4, -0.2) is 0 Å². The van der Waals surface area contributed by atoms with Gasteiger partial charge in [-0.2, -0.15) is 0 Å². The molecule has 0 spiro atoms. The molecule has 1 aliphatic rings. The van der Waals surface area contributed by atoms with Gasteiger partial charge < -0.3 is 11.5 Å². The van der Waals surface area contributed by atoms with E-state index in [9.17, 15) is 0 Å². The van der Waals surface area contributed by atoms with Crippen molar-refractivity contribution in [3.63, 3.8) is 0 Å². The highest BCUT2D eigenvalue weighted by Crippen LogP contribution is 2.48. The summed E-state index contributed by atoms with van der Waals surface area (Å²) < 4.78 is 0. The molecule has 1 fully saturated rings. The van der Waals surface area contributed by atoms with Crippen LogP contribution in [0, 0.1) is 19.8 Å². The normalized spacial score (nSPS) is 18.0. The zero-order chi connectivity index (χ0) is 41.2. The summed E-state index contributed by atoms with van der Waals surface area (Å²) in [7, 11) is 0. The summed E-state index contributed by atoms with van der Waals surface area (Å²) in [6, 6.07) is 33.3. The summed E-state index contributed by atoms with van der Waals surface area (Å²) in [5, 5.41) is 0. The van der Waals surface area contributed by atoms with Gasteiger partial charge in [-0.05, 0) is 127 Å². The minimum atomic E-state index is 0.0516. The highest BCUT2D eigenvalue weighted by molar-refractivity contribution is 5.51. The van der Waals surface area contributed by atoms with Gasteiger partial charge >= 0.3 is 0 Å². The number of aryl methyl sites for hydroxylation is 2. The van der Waals surface area contributed by atoms with Crippen molar-refractivity contribution >= 4 is 11.4 Å². The topological polar surface area (TPSA) is 52.0 Å². The van der Waals surface area contributed by atoms with Crippen molar-refractivity contribution in [1.29, 1.82) is 0 Å². The van der Waals surface area contributed by atoms with E-state index in [0.29, 0.717) is 11.8 Å². The molecule has 2 nitrogen and oxygen atoms in total. The third-order valence-electron chi connectivity index (χ3n) is 14.2. The maximum Gasteiger partial charge on any atom is 0.0316 e. The molecule has 2 heteroatoms. The van der Waals surface area contributed by atoms with Crippen LogP contribution in [0.15, 0.2) is 84.9 Å². The Labute approximate surface area is 356 Å². The quantitative estimate of drug-likeness (QED) is 0.0520. The van der Waals surface area contributed by atoms with E-state index in [4.69, 9.17) is 11.5 Å². The highest BCUT2D eigenvalue weighted by Gasteiger charge is 2.38. The van der Waals surface area contributed by atoms with Gasteiger partial charge in [0.25, 0.3) is 0 Å². The molecule has 5 rings (SSSR count). The molecular weight excluding hydrogens is 701 g/mol. The van der Waals surface area contributed by atoms with E-state index in [1.807, 2.05) is 0 Å². The van der Waals surface area contributed by atoms with Crippen LogP contribution in [0.4, 0.5) is 11.4 Å². The van der Waals surface area contributed by atoms with Crippen LogP contribution in [0.25, 0.3) is 0 Å². The second-order valence-electron chi connectivity index (χ2n) is 18.6. The molecule has 316 valence electrons. The number of nitrogens with two attached hydrogens (primary N) is 2. The molecule has 1 saturated carbocycles. The number of rotatable bonds is 25. The highest BCUT2D eigenvalue weighted by atomic mass is 14.5. The Kier molecular flexibility index (Phi) is 18.8. The number of nitrogen functional groups attached to an aromatic ring is 2. The van der Waals surface area contributed by atoms with Crippen LogP contribution in [0.2, 0.25) is 0 Å². The van der Waals surface area contributed by atoms with E-state index in [-0.39, 0.29) is 5.41 Å². The van der Waals surface area contributed by atoms with Crippen molar-refractivity contribution in [2.75, 3.05) is 11.5 Å². The van der Waals surface area contributed by atoms with Crippen LogP contribution < -0.4 is 11.5 Å². The lowest BCUT2D eigenvalue weighted by Gasteiger charge is -2.42. The first-order valence-corrected chi connectivity index (χ1v) is 24.2. The SMILES string of the molecule is CCCCCCCCCC(c1ccc(C2(c3ccc(C(CCCCCCCCC)c4ccc(N)cc4C)cc3)CCC(CCCC)CC2)cc1)c1ccc(N)cc1C. The van der Waals surface area contributed by atoms with E-state index in [1.54, 1.807) is 0 Å². The van der Waals surface area contributed by atoms with Crippen molar-refractivity contribution in [1.82, 2.24) is 0 Å². The molecule has 0 aliphatic heterocycles. The molecule has 4 aromatic rings. The van der Waals surface area contributed by atoms with Crippen molar-refractivity contribution in [3.8, 4) is 0 Å². The van der Waals surface area contributed by atoms with Gasteiger partial charge in [0, 0.05) is 28.6 Å². The molecule has 4 N–H and O–H groups in total. The monoisotopic (exact) mass is 783 g/mol. The first-order valence-electron chi connectivity index (χ1n) is 24.2. The van der Waals surface area contributed by atoms with E-state index in [2.05, 4.69) is 120 Å². The third kappa shape index (κ3) is 12.7. The second kappa shape index (κ2) is 23.9. The fraction of sp³-hybridized carbons (Fsp3) is 0.571. The molecule has 0 radical (unpaired) electrons. The first kappa shape index (κ1) is 45.6. The maximum absolute atomic E-state index is 6.26. The Morgan fingerprint density at radius 1 is 0.483 bits per heavy atom. The van der Waals surface area contributed by atoms with Crippen molar-refractivity contribution in [2.24, 2.45) is 5.92 Å². The number of anilines is 2. The minimum Gasteiger partial charge on any atom is -0.399 e. The predicted molar refractivity (Wildman–Crippen MR) is 255 cm³/mol. The zero-order valence-electron chi connectivity index (χ0n) is 37.7. The smallest absolute Gasteiger partial charge is 0.0316 e. The van der Waals surface area contributed by atoms with Crippen LogP contribution in [0.5, 0.6) is 0 Å². The van der Waals surface area contributed by atoms with Gasteiger partial charge in [-0.3, -0.25) is 0 Å². The first-order chi connectivity index (χ1) is 28.3. The molecule has 1 aliphatic carbocycles. The molecule has 0 aromatic heterocycles. The summed E-state index contributed by atoms with van der Waals surface area (Å²) in [5.74, 6) is 1.65. The molecule has 0 bridgehead atoms. The lowest BCUT2D eigenvalue weighted by molar-refractivity contribution is 0.251. The third-order valence-corrected chi connectivity index (χ3v) is 14.2. The molecule has 4 aromatic carbocycles. The largest absolute Gasteiger partial charge is 0.399 e. The average Bonchev–Trinajstić information content (AvgIpc) is 3.23. The van der Waals surface area contributed by atoms with Gasteiger partial charge in [0.2, 0.25) is 0 Å². The lowest BCUT2D eigenvalue weighted by Crippen LogP contribution is -2.33. The van der Waals surface area contributed by atoms with Crippen LogP contribution >= 0.6 is 0 Å². The molecule has 58 heavy (non-hydrogen) atoms. The summed E-state index contributed by atoms with van der Waals surface area (Å²) in [4.78, 5) is 0. The number of hydrogen-bond acceptors (Lipinski definition) is 2. The molecule has 0 heterocycles. The van der Waals surface area contributed by atoms with Crippen LogP contribution in [-0.2, 0) is 5.41 Å². The number of unbranched alkanes of at least 4 members (excludes halogenated alkanes) is 13. The van der Waals surface area contributed by atoms with E-state index >= 15 is 0 Å². The van der Waals surface area contributed by atoms with Gasteiger partial charge in [0.1, 0.15) is 0 Å². The van der Waals surface area contributed by atoms with Gasteiger partial charge in [0.15, 0.2) is 0 Å². The van der Waals surface area contributed by atoms with Gasteiger partial charge in [-0.15, -0.1) is 0 Å². The number of hydrogen-bond donors (Lipinski definition) is 2. The van der Waals surface area contributed by atoms with E-state index in [1.165, 1.54) is 192 Å². The second-order valence-corrected chi connectivity index (χ2v) is 18.6. The summed E-state index contributed by atoms with van der Waals surface area (Å²) >= 11 is 0. The lowest BCUT2D eigenvalue weighted by atomic mass is 9.62. The minimum absolute atomic E-state index is 0.0516. The Hall–Kier alpha value is -3.52. The molecule has 2 atom stereocenters. The Bertz CT molecular complexity index is 1620. The average molecular weight is 783 g/mol. The molecule has 0 amide bonds. The van der Waals surface area contributed by atoms with E-state index < -0.39 is 0 Å². The fourth-order valence-corrected chi connectivity index (χ4v) is 10.6. The predicted octanol–water partition coefficient (Wildman–Crippen LogP) is 16.7. The van der Waals surface area contributed by atoms with Gasteiger partial charge in [-0.1, -0.05) is 191 Å². The number of benzene rings is 4. The van der Waals surface area contributed by atoms with Crippen molar-refractivity contribution in [3.05, 3.63) is 129 Å². The van der Waals surface area contributed by atoms with Gasteiger partial charge in [0.05, 0.1) is 0 Å². The van der Waals surface area contributed by atoms with Crippen LogP contribution in [0.1, 0.15) is 225 Å². The van der Waals surface area contributed by atoms with Crippen LogP contribution in [0.3, 0.4) is 0 Å². The molecule has 2 unspecified atom stereocenters. The van der Waals surface area contributed by atoms with E-state index in [0.717, 1.165) is 17.3 Å². The Morgan fingerprint density at radius 2 is 0.862 bits per heavy atom. The Balaban J connectivity index is 1.42. The fourth-order valence-electron chi connectivity index (χ4n) is 10.6.